The summed E-state index contributed by atoms with van der Waals surface area (Å²) in [4.78, 5) is 0. The van der Waals surface area contributed by atoms with Crippen LogP contribution < -0.4 is 10.1 Å². The van der Waals surface area contributed by atoms with Gasteiger partial charge in [-0.15, -0.1) is 0 Å². The molecule has 0 aromatic heterocycles. The van der Waals surface area contributed by atoms with Gasteiger partial charge in [0, 0.05) is 20.2 Å². The average molecular weight is 267 g/mol. The third-order valence-electron chi connectivity index (χ3n) is 2.98. The quantitative estimate of drug-likeness (QED) is 0.752. The van der Waals surface area contributed by atoms with Gasteiger partial charge >= 0.3 is 0 Å². The summed E-state index contributed by atoms with van der Waals surface area (Å²) in [5.74, 6) is 0.829. The molecule has 0 fully saturated rings. The molecule has 4 nitrogen and oxygen atoms in total. The molecule has 0 radical (unpaired) electrons. The predicted octanol–water partition coefficient (Wildman–Crippen LogP) is 1.67. The van der Waals surface area contributed by atoms with Gasteiger partial charge in [0.1, 0.15) is 18.5 Å². The Balaban J connectivity index is 2.28. The van der Waals surface area contributed by atoms with E-state index in [-0.39, 0.29) is 12.7 Å². The SMILES string of the molecule is COC(C)CNCC(O)COc1ccc(C)cc1C. The van der Waals surface area contributed by atoms with Gasteiger partial charge in [0.25, 0.3) is 0 Å². The zero-order valence-electron chi connectivity index (χ0n) is 12.3. The number of ether oxygens (including phenoxy) is 2. The van der Waals surface area contributed by atoms with Crippen LogP contribution in [-0.2, 0) is 4.74 Å². The van der Waals surface area contributed by atoms with Crippen molar-refractivity contribution in [3.63, 3.8) is 0 Å². The summed E-state index contributed by atoms with van der Waals surface area (Å²) in [7, 11) is 1.67. The zero-order chi connectivity index (χ0) is 14.3. The van der Waals surface area contributed by atoms with Crippen LogP contribution in [0.15, 0.2) is 18.2 Å². The first-order valence-corrected chi connectivity index (χ1v) is 6.64. The summed E-state index contributed by atoms with van der Waals surface area (Å²) in [6.07, 6.45) is -0.378. The van der Waals surface area contributed by atoms with Crippen LogP contribution in [0.1, 0.15) is 18.1 Å². The molecule has 1 aromatic rings. The highest BCUT2D eigenvalue weighted by Gasteiger charge is 2.07. The second kappa shape index (κ2) is 8.15. The topological polar surface area (TPSA) is 50.7 Å². The van der Waals surface area contributed by atoms with Gasteiger partial charge in [0.2, 0.25) is 0 Å². The van der Waals surface area contributed by atoms with Crippen LogP contribution in [0.3, 0.4) is 0 Å². The number of nitrogens with one attached hydrogen (secondary N) is 1. The van der Waals surface area contributed by atoms with Gasteiger partial charge in [-0.05, 0) is 32.4 Å². The van der Waals surface area contributed by atoms with Gasteiger partial charge in [-0.1, -0.05) is 17.7 Å². The molecule has 2 N–H and O–H groups in total. The van der Waals surface area contributed by atoms with Gasteiger partial charge in [-0.2, -0.15) is 0 Å². The number of benzene rings is 1. The third-order valence-corrected chi connectivity index (χ3v) is 2.98. The summed E-state index contributed by atoms with van der Waals surface area (Å²) in [5.41, 5.74) is 2.30. The van der Waals surface area contributed by atoms with Crippen LogP contribution in [-0.4, -0.2) is 44.1 Å². The lowest BCUT2D eigenvalue weighted by molar-refractivity contribution is 0.0902. The second-order valence-electron chi connectivity index (χ2n) is 4.94. The monoisotopic (exact) mass is 267 g/mol. The minimum absolute atomic E-state index is 0.146. The summed E-state index contributed by atoms with van der Waals surface area (Å²) in [5, 5.41) is 13.0. The van der Waals surface area contributed by atoms with E-state index in [2.05, 4.69) is 11.4 Å². The molecule has 2 unspecified atom stereocenters. The van der Waals surface area contributed by atoms with Crippen LogP contribution in [0.25, 0.3) is 0 Å². The Kier molecular flexibility index (Phi) is 6.84. The molecule has 0 aliphatic rings. The van der Waals surface area contributed by atoms with Crippen molar-refractivity contribution in [1.29, 1.82) is 0 Å². The highest BCUT2D eigenvalue weighted by atomic mass is 16.5. The molecule has 19 heavy (non-hydrogen) atoms. The number of hydrogen-bond acceptors (Lipinski definition) is 4. The van der Waals surface area contributed by atoms with Gasteiger partial charge in [-0.3, -0.25) is 0 Å². The standard InChI is InChI=1S/C15H25NO3/c1-11-5-6-15(12(2)7-11)19-10-14(17)9-16-8-13(3)18-4/h5-7,13-14,16-17H,8-10H2,1-4H3. The van der Waals surface area contributed by atoms with Crippen molar-refractivity contribution in [1.82, 2.24) is 5.32 Å². The molecule has 0 saturated carbocycles. The summed E-state index contributed by atoms with van der Waals surface area (Å²) < 4.78 is 10.7. The maximum Gasteiger partial charge on any atom is 0.122 e. The fourth-order valence-corrected chi connectivity index (χ4v) is 1.74. The maximum atomic E-state index is 9.81. The Bertz CT molecular complexity index is 382. The van der Waals surface area contributed by atoms with Crippen molar-refractivity contribution >= 4 is 0 Å². The number of aryl methyl sites for hydroxylation is 2. The largest absolute Gasteiger partial charge is 0.491 e. The van der Waals surface area contributed by atoms with E-state index < -0.39 is 6.10 Å². The molecule has 108 valence electrons. The Hall–Kier alpha value is -1.10. The molecule has 1 rings (SSSR count). The van der Waals surface area contributed by atoms with Crippen molar-refractivity contribution in [3.05, 3.63) is 29.3 Å². The van der Waals surface area contributed by atoms with Gasteiger partial charge in [-0.25, -0.2) is 0 Å². The average Bonchev–Trinajstić information content (AvgIpc) is 2.37. The Labute approximate surface area is 115 Å². The van der Waals surface area contributed by atoms with E-state index in [1.54, 1.807) is 7.11 Å². The van der Waals surface area contributed by atoms with Crippen molar-refractivity contribution in [3.8, 4) is 5.75 Å². The molecule has 0 aliphatic carbocycles. The van der Waals surface area contributed by atoms with Gasteiger partial charge < -0.3 is 19.9 Å². The number of rotatable bonds is 8. The lowest BCUT2D eigenvalue weighted by atomic mass is 10.1. The van der Waals surface area contributed by atoms with Crippen molar-refractivity contribution in [2.75, 3.05) is 26.8 Å². The minimum atomic E-state index is -0.523. The lowest BCUT2D eigenvalue weighted by Gasteiger charge is -2.16. The number of hydrogen-bond donors (Lipinski definition) is 2. The fraction of sp³-hybridized carbons (Fsp3) is 0.600. The first kappa shape index (κ1) is 16.0. The summed E-state index contributed by atoms with van der Waals surface area (Å²) in [6, 6.07) is 6.02. The highest BCUT2D eigenvalue weighted by Crippen LogP contribution is 2.18. The molecule has 0 amide bonds. The van der Waals surface area contributed by atoms with E-state index >= 15 is 0 Å². The van der Waals surface area contributed by atoms with E-state index in [1.165, 1.54) is 5.56 Å². The van der Waals surface area contributed by atoms with E-state index in [9.17, 15) is 5.11 Å². The highest BCUT2D eigenvalue weighted by molar-refractivity contribution is 5.35. The van der Waals surface area contributed by atoms with E-state index in [1.807, 2.05) is 32.9 Å². The van der Waals surface area contributed by atoms with E-state index in [0.29, 0.717) is 6.54 Å². The molecule has 0 heterocycles. The molecule has 0 aliphatic heterocycles. The number of methoxy groups -OCH3 is 1. The van der Waals surface area contributed by atoms with E-state index in [0.717, 1.165) is 17.9 Å². The Morgan fingerprint density at radius 1 is 1.26 bits per heavy atom. The van der Waals surface area contributed by atoms with Crippen molar-refractivity contribution in [2.45, 2.75) is 33.0 Å². The van der Waals surface area contributed by atoms with Crippen LogP contribution >= 0.6 is 0 Å². The summed E-state index contributed by atoms with van der Waals surface area (Å²) >= 11 is 0. The van der Waals surface area contributed by atoms with Crippen LogP contribution in [0, 0.1) is 13.8 Å². The molecule has 2 atom stereocenters. The maximum absolute atomic E-state index is 9.81. The van der Waals surface area contributed by atoms with Crippen LogP contribution in [0.2, 0.25) is 0 Å². The fourth-order valence-electron chi connectivity index (χ4n) is 1.74. The Morgan fingerprint density at radius 2 is 2.00 bits per heavy atom. The second-order valence-corrected chi connectivity index (χ2v) is 4.94. The molecule has 1 aromatic carbocycles. The van der Waals surface area contributed by atoms with Crippen LogP contribution in [0.5, 0.6) is 5.75 Å². The normalized spacial score (nSPS) is 14.2. The zero-order valence-corrected chi connectivity index (χ0v) is 12.3. The lowest BCUT2D eigenvalue weighted by Crippen LogP contribution is -2.35. The van der Waals surface area contributed by atoms with E-state index in [4.69, 9.17) is 9.47 Å². The summed E-state index contributed by atoms with van der Waals surface area (Å²) in [6.45, 7) is 7.54. The minimum Gasteiger partial charge on any atom is -0.491 e. The number of aliphatic hydroxyl groups excluding tert-OH is 1. The molecular formula is C15H25NO3. The van der Waals surface area contributed by atoms with Gasteiger partial charge in [0.15, 0.2) is 0 Å². The first-order chi connectivity index (χ1) is 9.02. The van der Waals surface area contributed by atoms with Crippen molar-refractivity contribution in [2.24, 2.45) is 0 Å². The molecule has 4 heteroatoms. The van der Waals surface area contributed by atoms with Gasteiger partial charge in [0.05, 0.1) is 6.10 Å². The molecule has 0 bridgehead atoms. The smallest absolute Gasteiger partial charge is 0.122 e. The Morgan fingerprint density at radius 3 is 2.63 bits per heavy atom. The number of aliphatic hydroxyl groups is 1. The third kappa shape index (κ3) is 6.05. The van der Waals surface area contributed by atoms with Crippen molar-refractivity contribution < 1.29 is 14.6 Å². The predicted molar refractivity (Wildman–Crippen MR) is 76.8 cm³/mol. The molecule has 0 spiro atoms. The molecule has 0 saturated heterocycles. The van der Waals surface area contributed by atoms with Crippen LogP contribution in [0.4, 0.5) is 0 Å². The molecular weight excluding hydrogens is 242 g/mol. The first-order valence-electron chi connectivity index (χ1n) is 6.64.